The van der Waals surface area contributed by atoms with E-state index in [-0.39, 0.29) is 47.9 Å². The molecule has 2 bridgehead atoms. The number of hydrogen-bond donors (Lipinski definition) is 0. The van der Waals surface area contributed by atoms with Crippen molar-refractivity contribution in [1.29, 1.82) is 0 Å². The summed E-state index contributed by atoms with van der Waals surface area (Å²) in [6.45, 7) is 3.42. The maximum absolute atomic E-state index is 12.8. The number of imide groups is 1. The van der Waals surface area contributed by atoms with Gasteiger partial charge in [-0.25, -0.2) is 0 Å². The van der Waals surface area contributed by atoms with E-state index in [0.29, 0.717) is 13.1 Å². The first-order valence-electron chi connectivity index (χ1n) is 10.3. The third kappa shape index (κ3) is 3.28. The quantitative estimate of drug-likeness (QED) is 0.557. The normalized spacial score (nSPS) is 31.1. The molecule has 1 aromatic carbocycles. The fraction of sp³-hybridized carbons (Fsp3) is 0.500. The van der Waals surface area contributed by atoms with Crippen LogP contribution in [0.5, 0.6) is 0 Å². The van der Waals surface area contributed by atoms with Crippen LogP contribution in [-0.4, -0.2) is 65.1 Å². The second kappa shape index (κ2) is 7.26. The van der Waals surface area contributed by atoms with E-state index >= 15 is 0 Å². The van der Waals surface area contributed by atoms with Crippen LogP contribution in [0.1, 0.15) is 12.0 Å². The fourth-order valence-electron chi connectivity index (χ4n) is 5.40. The molecule has 5 rings (SSSR count). The number of carbonyl (C=O) groups excluding carboxylic acids is 3. The monoisotopic (exact) mass is 413 g/mol. The predicted octanol–water partition coefficient (Wildman–Crippen LogP) is 1.79. The van der Waals surface area contributed by atoms with Crippen molar-refractivity contribution in [2.45, 2.75) is 13.0 Å². The number of nitrogens with zero attached hydrogens (tertiary/aromatic N) is 3. The zero-order chi connectivity index (χ0) is 20.1. The smallest absolute Gasteiger partial charge is 0.242 e. The van der Waals surface area contributed by atoms with E-state index < -0.39 is 0 Å². The molecular formula is C22H24ClN3O3. The van der Waals surface area contributed by atoms with Gasteiger partial charge in [0, 0.05) is 37.7 Å². The second-order valence-corrected chi connectivity index (χ2v) is 8.99. The van der Waals surface area contributed by atoms with Crippen LogP contribution in [-0.2, 0) is 20.9 Å². The van der Waals surface area contributed by atoms with Crippen molar-refractivity contribution in [3.63, 3.8) is 0 Å². The van der Waals surface area contributed by atoms with E-state index in [4.69, 9.17) is 11.6 Å². The summed E-state index contributed by atoms with van der Waals surface area (Å²) in [5, 5.41) is 0.727. The number of hydrogen-bond acceptors (Lipinski definition) is 4. The van der Waals surface area contributed by atoms with Gasteiger partial charge in [-0.15, -0.1) is 0 Å². The Morgan fingerprint density at radius 2 is 1.66 bits per heavy atom. The van der Waals surface area contributed by atoms with Gasteiger partial charge in [-0.3, -0.25) is 24.2 Å². The van der Waals surface area contributed by atoms with Gasteiger partial charge in [0.2, 0.25) is 17.7 Å². The van der Waals surface area contributed by atoms with Crippen LogP contribution in [0.4, 0.5) is 0 Å². The molecule has 3 fully saturated rings. The van der Waals surface area contributed by atoms with Crippen LogP contribution in [0.15, 0.2) is 36.4 Å². The Morgan fingerprint density at radius 1 is 1.00 bits per heavy atom. The molecule has 0 N–H and O–H groups in total. The Labute approximate surface area is 175 Å². The Balaban J connectivity index is 1.16. The molecule has 3 amide bonds. The van der Waals surface area contributed by atoms with E-state index in [1.54, 1.807) is 4.90 Å². The Hall–Kier alpha value is -2.18. The molecule has 2 heterocycles. The molecule has 0 aromatic heterocycles. The Morgan fingerprint density at radius 3 is 2.28 bits per heavy atom. The standard InChI is InChI=1S/C22H24ClN3O3/c23-17-3-1-2-14(10-17)12-24-6-8-25(9-7-24)18(27)13-26-21(28)19-15-4-5-16(11-15)20(19)22(26)29/h1-5,10,15-16,19-20H,6-9,11-13H2. The number of carbonyl (C=O) groups is 3. The van der Waals surface area contributed by atoms with Gasteiger partial charge in [-0.05, 0) is 36.0 Å². The number of halogens is 1. The average Bonchev–Trinajstić information content (AvgIpc) is 3.39. The molecule has 0 radical (unpaired) electrons. The van der Waals surface area contributed by atoms with E-state index in [9.17, 15) is 14.4 Å². The lowest BCUT2D eigenvalue weighted by Crippen LogP contribution is -2.51. The summed E-state index contributed by atoms with van der Waals surface area (Å²) in [5.41, 5.74) is 1.15. The summed E-state index contributed by atoms with van der Waals surface area (Å²) in [6.07, 6.45) is 5.05. The number of allylic oxidation sites excluding steroid dienone is 2. The van der Waals surface area contributed by atoms with Crippen molar-refractivity contribution in [1.82, 2.24) is 14.7 Å². The van der Waals surface area contributed by atoms with Gasteiger partial charge < -0.3 is 4.90 Å². The number of fused-ring (bicyclic) bond motifs is 5. The molecule has 6 nitrogen and oxygen atoms in total. The first-order chi connectivity index (χ1) is 14.0. The van der Waals surface area contributed by atoms with Crippen molar-refractivity contribution >= 4 is 29.3 Å². The van der Waals surface area contributed by atoms with Gasteiger partial charge in [0.25, 0.3) is 0 Å². The van der Waals surface area contributed by atoms with E-state index in [1.165, 1.54) is 4.90 Å². The number of likely N-dealkylation sites (tertiary alicyclic amines) is 1. The van der Waals surface area contributed by atoms with E-state index in [0.717, 1.165) is 36.6 Å². The summed E-state index contributed by atoms with van der Waals surface area (Å²) in [5.74, 6) is -0.545. The van der Waals surface area contributed by atoms with Crippen LogP contribution in [0.2, 0.25) is 5.02 Å². The molecule has 0 spiro atoms. The van der Waals surface area contributed by atoms with E-state index in [2.05, 4.69) is 17.1 Å². The highest BCUT2D eigenvalue weighted by molar-refractivity contribution is 6.30. The molecule has 4 aliphatic rings. The lowest BCUT2D eigenvalue weighted by atomic mass is 9.85. The number of benzene rings is 1. The van der Waals surface area contributed by atoms with Crippen LogP contribution < -0.4 is 0 Å². The molecule has 4 atom stereocenters. The average molecular weight is 414 g/mol. The summed E-state index contributed by atoms with van der Waals surface area (Å²) < 4.78 is 0. The molecule has 2 aliphatic heterocycles. The lowest BCUT2D eigenvalue weighted by Gasteiger charge is -2.35. The maximum atomic E-state index is 12.8. The van der Waals surface area contributed by atoms with Crippen molar-refractivity contribution in [2.24, 2.45) is 23.7 Å². The number of rotatable bonds is 4. The third-order valence-corrected chi connectivity index (χ3v) is 7.11. The van der Waals surface area contributed by atoms with Gasteiger partial charge in [0.15, 0.2) is 0 Å². The minimum absolute atomic E-state index is 0.113. The highest BCUT2D eigenvalue weighted by atomic mass is 35.5. The molecule has 1 aromatic rings. The Bertz CT molecular complexity index is 863. The zero-order valence-electron chi connectivity index (χ0n) is 16.2. The first-order valence-corrected chi connectivity index (χ1v) is 10.7. The zero-order valence-corrected chi connectivity index (χ0v) is 16.9. The van der Waals surface area contributed by atoms with Gasteiger partial charge in [0.05, 0.1) is 11.8 Å². The third-order valence-electron chi connectivity index (χ3n) is 6.88. The highest BCUT2D eigenvalue weighted by Gasteiger charge is 2.59. The largest absolute Gasteiger partial charge is 0.339 e. The molecule has 1 saturated carbocycles. The van der Waals surface area contributed by atoms with Crippen molar-refractivity contribution < 1.29 is 14.4 Å². The minimum Gasteiger partial charge on any atom is -0.339 e. The molecule has 7 heteroatoms. The minimum atomic E-state index is -0.236. The molecule has 152 valence electrons. The second-order valence-electron chi connectivity index (χ2n) is 8.55. The van der Waals surface area contributed by atoms with Crippen LogP contribution in [0.25, 0.3) is 0 Å². The molecule has 2 saturated heterocycles. The van der Waals surface area contributed by atoms with Gasteiger partial charge >= 0.3 is 0 Å². The fourth-order valence-corrected chi connectivity index (χ4v) is 5.62. The van der Waals surface area contributed by atoms with Crippen LogP contribution in [0, 0.1) is 23.7 Å². The number of amides is 3. The molecule has 4 unspecified atom stereocenters. The number of piperazine rings is 1. The summed E-state index contributed by atoms with van der Waals surface area (Å²) in [4.78, 5) is 43.6. The van der Waals surface area contributed by atoms with Gasteiger partial charge in [0.1, 0.15) is 6.54 Å². The summed E-state index contributed by atoms with van der Waals surface area (Å²) in [7, 11) is 0. The Kier molecular flexibility index (Phi) is 4.71. The SMILES string of the molecule is O=C(CN1C(=O)C2C3C=CC(C3)C2C1=O)N1CCN(Cc2cccc(Cl)c2)CC1. The van der Waals surface area contributed by atoms with Crippen LogP contribution >= 0.6 is 11.6 Å². The summed E-state index contributed by atoms with van der Waals surface area (Å²) >= 11 is 6.05. The first kappa shape index (κ1) is 18.8. The maximum Gasteiger partial charge on any atom is 0.242 e. The summed E-state index contributed by atoms with van der Waals surface area (Å²) in [6, 6.07) is 7.81. The van der Waals surface area contributed by atoms with Crippen LogP contribution in [0.3, 0.4) is 0 Å². The van der Waals surface area contributed by atoms with Crippen molar-refractivity contribution in [3.8, 4) is 0 Å². The van der Waals surface area contributed by atoms with Crippen molar-refractivity contribution in [3.05, 3.63) is 47.0 Å². The topological polar surface area (TPSA) is 60.9 Å². The molecular weight excluding hydrogens is 390 g/mol. The molecule has 29 heavy (non-hydrogen) atoms. The highest BCUT2D eigenvalue weighted by Crippen LogP contribution is 2.52. The lowest BCUT2D eigenvalue weighted by molar-refractivity contribution is -0.147. The molecule has 2 aliphatic carbocycles. The van der Waals surface area contributed by atoms with E-state index in [1.807, 2.05) is 24.3 Å². The van der Waals surface area contributed by atoms with Crippen molar-refractivity contribution in [2.75, 3.05) is 32.7 Å². The van der Waals surface area contributed by atoms with Gasteiger partial charge in [-0.2, -0.15) is 0 Å². The van der Waals surface area contributed by atoms with Gasteiger partial charge in [-0.1, -0.05) is 35.9 Å². The predicted molar refractivity (Wildman–Crippen MR) is 108 cm³/mol.